The molecule has 80 valence electrons. The van der Waals surface area contributed by atoms with Crippen molar-refractivity contribution >= 4 is 7.60 Å². The van der Waals surface area contributed by atoms with Crippen LogP contribution in [-0.2, 0) is 4.57 Å². The van der Waals surface area contributed by atoms with Crippen molar-refractivity contribution in [2.24, 2.45) is 11.3 Å². The number of hydrogen-bond acceptors (Lipinski definition) is 1. The predicted octanol–water partition coefficient (Wildman–Crippen LogP) is 2.63. The molecule has 0 aromatic rings. The second-order valence-electron chi connectivity index (χ2n) is 4.90. The molecule has 0 spiro atoms. The van der Waals surface area contributed by atoms with E-state index in [1.807, 2.05) is 0 Å². The molecule has 0 unspecified atom stereocenters. The fourth-order valence-electron chi connectivity index (χ4n) is 1.66. The highest BCUT2D eigenvalue weighted by Crippen LogP contribution is 2.40. The molecule has 0 fully saturated rings. The SMILES string of the molecule is CC(C)CC(C)(C)CCP(=O)(O)O. The predicted molar refractivity (Wildman–Crippen MR) is 54.8 cm³/mol. The summed E-state index contributed by atoms with van der Waals surface area (Å²) in [6, 6.07) is 0. The van der Waals surface area contributed by atoms with Gasteiger partial charge in [-0.05, 0) is 24.2 Å². The van der Waals surface area contributed by atoms with Gasteiger partial charge in [0.1, 0.15) is 0 Å². The van der Waals surface area contributed by atoms with Crippen molar-refractivity contribution in [1.82, 2.24) is 0 Å². The minimum atomic E-state index is -3.81. The second kappa shape index (κ2) is 4.59. The summed E-state index contributed by atoms with van der Waals surface area (Å²) in [4.78, 5) is 17.5. The van der Waals surface area contributed by atoms with E-state index >= 15 is 0 Å². The molecule has 0 saturated heterocycles. The summed E-state index contributed by atoms with van der Waals surface area (Å²) in [5.41, 5.74) is 0.0370. The summed E-state index contributed by atoms with van der Waals surface area (Å²) in [6.45, 7) is 8.36. The molecule has 0 aliphatic carbocycles. The zero-order valence-electron chi connectivity index (χ0n) is 8.95. The van der Waals surface area contributed by atoms with Gasteiger partial charge >= 0.3 is 7.60 Å². The van der Waals surface area contributed by atoms with Gasteiger partial charge < -0.3 is 9.79 Å². The average molecular weight is 208 g/mol. The molecule has 4 heteroatoms. The van der Waals surface area contributed by atoms with Crippen LogP contribution < -0.4 is 0 Å². The zero-order chi connectivity index (χ0) is 10.7. The van der Waals surface area contributed by atoms with E-state index in [9.17, 15) is 4.57 Å². The van der Waals surface area contributed by atoms with Crippen molar-refractivity contribution in [3.8, 4) is 0 Å². The van der Waals surface area contributed by atoms with Crippen LogP contribution in [0.25, 0.3) is 0 Å². The minimum Gasteiger partial charge on any atom is -0.324 e. The lowest BCUT2D eigenvalue weighted by Gasteiger charge is -2.26. The molecule has 0 aromatic heterocycles. The van der Waals surface area contributed by atoms with Crippen LogP contribution in [0.5, 0.6) is 0 Å². The highest BCUT2D eigenvalue weighted by Gasteiger charge is 2.23. The van der Waals surface area contributed by atoms with E-state index < -0.39 is 7.60 Å². The lowest BCUT2D eigenvalue weighted by molar-refractivity contribution is 0.269. The van der Waals surface area contributed by atoms with Crippen molar-refractivity contribution < 1.29 is 14.4 Å². The first kappa shape index (κ1) is 13.2. The maximum Gasteiger partial charge on any atom is 0.325 e. The average Bonchev–Trinajstić information content (AvgIpc) is 1.79. The quantitative estimate of drug-likeness (QED) is 0.683. The third-order valence-corrected chi connectivity index (χ3v) is 2.85. The van der Waals surface area contributed by atoms with Crippen molar-refractivity contribution in [3.63, 3.8) is 0 Å². The first-order valence-corrected chi connectivity index (χ1v) is 6.47. The van der Waals surface area contributed by atoms with Gasteiger partial charge in [-0.3, -0.25) is 4.57 Å². The third-order valence-electron chi connectivity index (χ3n) is 2.04. The van der Waals surface area contributed by atoms with Gasteiger partial charge in [-0.2, -0.15) is 0 Å². The Morgan fingerprint density at radius 1 is 1.31 bits per heavy atom. The molecule has 0 aliphatic rings. The maximum absolute atomic E-state index is 10.7. The Bertz CT molecular complexity index is 193. The van der Waals surface area contributed by atoms with E-state index in [1.54, 1.807) is 0 Å². The van der Waals surface area contributed by atoms with Crippen LogP contribution in [0, 0.1) is 11.3 Å². The second-order valence-corrected chi connectivity index (χ2v) is 6.68. The monoisotopic (exact) mass is 208 g/mol. The highest BCUT2D eigenvalue weighted by molar-refractivity contribution is 7.51. The number of rotatable bonds is 5. The Hall–Kier alpha value is 0.150. The lowest BCUT2D eigenvalue weighted by atomic mass is 9.82. The Balaban J connectivity index is 3.96. The fraction of sp³-hybridized carbons (Fsp3) is 1.00. The van der Waals surface area contributed by atoms with Crippen molar-refractivity contribution in [2.75, 3.05) is 6.16 Å². The molecule has 3 nitrogen and oxygen atoms in total. The fourth-order valence-corrected chi connectivity index (χ4v) is 2.55. The normalized spacial score (nSPS) is 13.8. The zero-order valence-corrected chi connectivity index (χ0v) is 9.84. The molecule has 0 rings (SSSR count). The molecule has 13 heavy (non-hydrogen) atoms. The van der Waals surface area contributed by atoms with Gasteiger partial charge in [0.15, 0.2) is 0 Å². The van der Waals surface area contributed by atoms with Crippen LogP contribution in [0.15, 0.2) is 0 Å². The Morgan fingerprint density at radius 2 is 1.77 bits per heavy atom. The van der Waals surface area contributed by atoms with Gasteiger partial charge in [0.2, 0.25) is 0 Å². The van der Waals surface area contributed by atoms with Crippen LogP contribution in [0.2, 0.25) is 0 Å². The van der Waals surface area contributed by atoms with E-state index in [0.717, 1.165) is 6.42 Å². The maximum atomic E-state index is 10.7. The van der Waals surface area contributed by atoms with E-state index in [-0.39, 0.29) is 11.6 Å². The summed E-state index contributed by atoms with van der Waals surface area (Å²) in [5.74, 6) is 0.576. The molecular weight excluding hydrogens is 187 g/mol. The molecular formula is C9H21O3P. The molecule has 0 aromatic carbocycles. The summed E-state index contributed by atoms with van der Waals surface area (Å²) >= 11 is 0. The topological polar surface area (TPSA) is 57.5 Å². The molecule has 2 N–H and O–H groups in total. The van der Waals surface area contributed by atoms with Gasteiger partial charge in [-0.15, -0.1) is 0 Å². The van der Waals surface area contributed by atoms with Crippen molar-refractivity contribution in [1.29, 1.82) is 0 Å². The Labute approximate surface area is 80.7 Å². The first-order valence-electron chi connectivity index (χ1n) is 4.67. The summed E-state index contributed by atoms with van der Waals surface area (Å²) in [7, 11) is -3.81. The molecule has 0 atom stereocenters. The van der Waals surface area contributed by atoms with Gasteiger partial charge in [0, 0.05) is 0 Å². The van der Waals surface area contributed by atoms with Crippen LogP contribution in [0.4, 0.5) is 0 Å². The molecule has 0 aliphatic heterocycles. The molecule has 0 saturated carbocycles. The molecule has 0 heterocycles. The van der Waals surface area contributed by atoms with Gasteiger partial charge in [-0.25, -0.2) is 0 Å². The van der Waals surface area contributed by atoms with Crippen LogP contribution in [-0.4, -0.2) is 15.9 Å². The summed E-state index contributed by atoms with van der Waals surface area (Å²) in [6.07, 6.45) is 1.61. The van der Waals surface area contributed by atoms with Crippen LogP contribution in [0.3, 0.4) is 0 Å². The van der Waals surface area contributed by atoms with Crippen molar-refractivity contribution in [2.45, 2.75) is 40.5 Å². The van der Waals surface area contributed by atoms with Gasteiger partial charge in [0.05, 0.1) is 6.16 Å². The first-order chi connectivity index (χ1) is 5.62. The van der Waals surface area contributed by atoms with Crippen LogP contribution >= 0.6 is 7.60 Å². The number of hydrogen-bond donors (Lipinski definition) is 2. The van der Waals surface area contributed by atoms with Crippen molar-refractivity contribution in [3.05, 3.63) is 0 Å². The standard InChI is InChI=1S/C9H21O3P/c1-8(2)7-9(3,4)5-6-13(10,11)12/h8H,5-7H2,1-4H3,(H2,10,11,12). The van der Waals surface area contributed by atoms with E-state index in [4.69, 9.17) is 9.79 Å². The lowest BCUT2D eigenvalue weighted by Crippen LogP contribution is -2.16. The summed E-state index contributed by atoms with van der Waals surface area (Å²) in [5, 5.41) is 0. The van der Waals surface area contributed by atoms with E-state index in [0.29, 0.717) is 12.3 Å². The molecule has 0 bridgehead atoms. The highest BCUT2D eigenvalue weighted by atomic mass is 31.2. The minimum absolute atomic E-state index is 0.00667. The summed E-state index contributed by atoms with van der Waals surface area (Å²) < 4.78 is 10.7. The van der Waals surface area contributed by atoms with Crippen LogP contribution in [0.1, 0.15) is 40.5 Å². The third kappa shape index (κ3) is 8.48. The Kier molecular flexibility index (Phi) is 4.64. The van der Waals surface area contributed by atoms with E-state index in [2.05, 4.69) is 27.7 Å². The molecule has 0 radical (unpaired) electrons. The Morgan fingerprint density at radius 3 is 2.08 bits per heavy atom. The largest absolute Gasteiger partial charge is 0.325 e. The van der Waals surface area contributed by atoms with Gasteiger partial charge in [0.25, 0.3) is 0 Å². The van der Waals surface area contributed by atoms with E-state index in [1.165, 1.54) is 0 Å². The van der Waals surface area contributed by atoms with Gasteiger partial charge in [-0.1, -0.05) is 27.7 Å². The smallest absolute Gasteiger partial charge is 0.324 e. The molecule has 0 amide bonds.